The molecule has 4 aromatic heterocycles. The second kappa shape index (κ2) is 14.8. The van der Waals surface area contributed by atoms with E-state index in [1.807, 2.05) is 73.2 Å². The van der Waals surface area contributed by atoms with Crippen molar-refractivity contribution in [2.45, 2.75) is 83.4 Å². The van der Waals surface area contributed by atoms with E-state index < -0.39 is 0 Å². The number of hydrogen-bond donors (Lipinski definition) is 2. The molecule has 274 valence electrons. The molecule has 1 saturated heterocycles. The van der Waals surface area contributed by atoms with Gasteiger partial charge in [0.2, 0.25) is 11.8 Å². The van der Waals surface area contributed by atoms with Gasteiger partial charge in [-0.25, -0.2) is 4.79 Å². The second-order valence-corrected chi connectivity index (χ2v) is 15.2. The number of rotatable bonds is 10. The van der Waals surface area contributed by atoms with Crippen LogP contribution >= 0.6 is 0 Å². The molecule has 1 aromatic carbocycles. The number of carbonyl (C=O) groups excluding carboxylic acids is 1. The van der Waals surface area contributed by atoms with Crippen LogP contribution in [0.5, 0.6) is 11.6 Å². The van der Waals surface area contributed by atoms with Crippen LogP contribution in [-0.4, -0.2) is 80.1 Å². The third kappa shape index (κ3) is 7.69. The van der Waals surface area contributed by atoms with Crippen LogP contribution in [0.1, 0.15) is 88.8 Å². The first-order chi connectivity index (χ1) is 25.0. The number of urea groups is 1. The Bertz CT molecular complexity index is 2010. The van der Waals surface area contributed by atoms with Gasteiger partial charge in [0.25, 0.3) is 0 Å². The summed E-state index contributed by atoms with van der Waals surface area (Å²) < 4.78 is 16.3. The zero-order chi connectivity index (χ0) is 36.4. The number of benzene rings is 1. The molecule has 2 amide bonds. The lowest BCUT2D eigenvalue weighted by atomic mass is 9.85. The molecule has 0 spiro atoms. The van der Waals surface area contributed by atoms with Gasteiger partial charge in [0.15, 0.2) is 11.5 Å². The maximum Gasteiger partial charge on any atom is 0.320 e. The molecule has 7 rings (SSSR count). The number of piperidine rings is 1. The lowest BCUT2D eigenvalue weighted by Gasteiger charge is -2.33. The molecule has 0 saturated carbocycles. The van der Waals surface area contributed by atoms with Gasteiger partial charge in [-0.2, -0.15) is 14.8 Å². The number of likely N-dealkylation sites (N-methyl/N-ethyl adjacent to an activating group) is 1. The van der Waals surface area contributed by atoms with Crippen molar-refractivity contribution in [3.8, 4) is 17.4 Å². The summed E-state index contributed by atoms with van der Waals surface area (Å²) in [6.45, 7) is 10.8. The zero-order valence-corrected chi connectivity index (χ0v) is 31.0. The van der Waals surface area contributed by atoms with Crippen molar-refractivity contribution in [2.75, 3.05) is 44.0 Å². The van der Waals surface area contributed by atoms with E-state index in [1.165, 1.54) is 6.42 Å². The second-order valence-electron chi connectivity index (χ2n) is 15.2. The molecular formula is C39H50N10O3. The fraction of sp³-hybridized carbons (Fsp3) is 0.462. The number of amides is 2. The summed E-state index contributed by atoms with van der Waals surface area (Å²) in [5, 5.41) is 20.1. The van der Waals surface area contributed by atoms with Crippen molar-refractivity contribution in [3.63, 3.8) is 0 Å². The quantitative estimate of drug-likeness (QED) is 0.163. The number of fused-ring (bicyclic) bond motifs is 2. The third-order valence-electron chi connectivity index (χ3n) is 9.87. The van der Waals surface area contributed by atoms with Crippen molar-refractivity contribution >= 4 is 23.4 Å². The van der Waals surface area contributed by atoms with Crippen molar-refractivity contribution < 1.29 is 14.3 Å². The van der Waals surface area contributed by atoms with Gasteiger partial charge in [0.05, 0.1) is 17.9 Å². The number of carbonyl (C=O) groups is 1. The Morgan fingerprint density at radius 3 is 2.60 bits per heavy atom. The number of anilines is 2. The maximum absolute atomic E-state index is 13.7. The highest BCUT2D eigenvalue weighted by Crippen LogP contribution is 2.39. The summed E-state index contributed by atoms with van der Waals surface area (Å²) in [7, 11) is 4.00. The third-order valence-corrected chi connectivity index (χ3v) is 9.87. The standard InChI is InChI=1S/C39H50N10O3/c1-26-12-9-10-21-47(26)38-44-43-34-20-17-27(25-48(34)38)52-31-19-18-30(28-13-7-8-14-29(28)31)40-37(50)42-35-24-32(39(2,3)4)45-49(35)33-15-11-16-36(41-33)51-23-22-46(5)6/h7-8,11,13-17,20,24-26,30-31H,9-10,12,18-19,21-23H2,1-6H3,(H2,40,42,50)/t26-,30-,31+/m0/s1. The molecule has 0 bridgehead atoms. The molecule has 1 aliphatic carbocycles. The van der Waals surface area contributed by atoms with Gasteiger partial charge in [0, 0.05) is 36.7 Å². The molecule has 2 N–H and O–H groups in total. The maximum atomic E-state index is 13.7. The summed E-state index contributed by atoms with van der Waals surface area (Å²) in [4.78, 5) is 22.8. The topological polar surface area (TPSA) is 127 Å². The fourth-order valence-corrected chi connectivity index (χ4v) is 6.96. The summed E-state index contributed by atoms with van der Waals surface area (Å²) in [5.74, 6) is 3.19. The lowest BCUT2D eigenvalue weighted by Crippen LogP contribution is -2.38. The molecule has 1 aliphatic heterocycles. The van der Waals surface area contributed by atoms with Crippen LogP contribution in [0.2, 0.25) is 0 Å². The molecule has 5 aromatic rings. The van der Waals surface area contributed by atoms with Gasteiger partial charge in [-0.05, 0) is 82.4 Å². The first kappa shape index (κ1) is 35.2. The van der Waals surface area contributed by atoms with E-state index in [9.17, 15) is 4.79 Å². The Morgan fingerprint density at radius 2 is 1.81 bits per heavy atom. The average molecular weight is 707 g/mol. The predicted molar refractivity (Wildman–Crippen MR) is 202 cm³/mol. The van der Waals surface area contributed by atoms with Crippen molar-refractivity contribution in [1.29, 1.82) is 0 Å². The fourth-order valence-electron chi connectivity index (χ4n) is 6.96. The monoisotopic (exact) mass is 706 g/mol. The van der Waals surface area contributed by atoms with E-state index in [-0.39, 0.29) is 23.6 Å². The average Bonchev–Trinajstić information content (AvgIpc) is 3.74. The Balaban J connectivity index is 1.07. The minimum absolute atomic E-state index is 0.169. The minimum Gasteiger partial charge on any atom is -0.484 e. The first-order valence-electron chi connectivity index (χ1n) is 18.3. The van der Waals surface area contributed by atoms with E-state index in [4.69, 9.17) is 19.6 Å². The highest BCUT2D eigenvalue weighted by Gasteiger charge is 2.31. The van der Waals surface area contributed by atoms with Gasteiger partial charge >= 0.3 is 6.03 Å². The molecule has 3 atom stereocenters. The number of hydrogen-bond acceptors (Lipinski definition) is 9. The Kier molecular flexibility index (Phi) is 10.0. The molecule has 52 heavy (non-hydrogen) atoms. The van der Waals surface area contributed by atoms with Crippen LogP contribution in [0.15, 0.2) is 66.9 Å². The van der Waals surface area contributed by atoms with Crippen molar-refractivity contribution in [3.05, 3.63) is 83.7 Å². The highest BCUT2D eigenvalue weighted by atomic mass is 16.5. The van der Waals surface area contributed by atoms with E-state index >= 15 is 0 Å². The number of nitrogens with one attached hydrogen (secondary N) is 2. The van der Waals surface area contributed by atoms with Crippen LogP contribution in [0.3, 0.4) is 0 Å². The number of pyridine rings is 2. The Labute approximate surface area is 305 Å². The van der Waals surface area contributed by atoms with Crippen molar-refractivity contribution in [2.24, 2.45) is 0 Å². The molecule has 13 nitrogen and oxygen atoms in total. The van der Waals surface area contributed by atoms with E-state index in [1.54, 1.807) is 4.68 Å². The van der Waals surface area contributed by atoms with Gasteiger partial charge in [0.1, 0.15) is 24.3 Å². The van der Waals surface area contributed by atoms with E-state index in [2.05, 4.69) is 70.5 Å². The lowest BCUT2D eigenvalue weighted by molar-refractivity contribution is 0.171. The van der Waals surface area contributed by atoms with Crippen LogP contribution in [0, 0.1) is 0 Å². The molecule has 1 fully saturated rings. The molecular weight excluding hydrogens is 656 g/mol. The van der Waals surface area contributed by atoms with Crippen LogP contribution in [0.25, 0.3) is 11.5 Å². The molecule has 13 heteroatoms. The van der Waals surface area contributed by atoms with Crippen LogP contribution in [-0.2, 0) is 5.41 Å². The van der Waals surface area contributed by atoms with E-state index in [0.717, 1.165) is 66.5 Å². The van der Waals surface area contributed by atoms with E-state index in [0.29, 0.717) is 36.6 Å². The molecule has 5 heterocycles. The Hall–Kier alpha value is -5.17. The summed E-state index contributed by atoms with van der Waals surface area (Å²) >= 11 is 0. The number of aromatic nitrogens is 6. The number of ether oxygens (including phenoxy) is 2. The highest BCUT2D eigenvalue weighted by molar-refractivity contribution is 5.89. The van der Waals surface area contributed by atoms with Crippen LogP contribution in [0.4, 0.5) is 16.6 Å². The molecule has 0 radical (unpaired) electrons. The first-order valence-corrected chi connectivity index (χ1v) is 18.3. The molecule has 0 unspecified atom stereocenters. The van der Waals surface area contributed by atoms with Gasteiger partial charge in [-0.15, -0.1) is 10.2 Å². The molecule has 2 aliphatic rings. The van der Waals surface area contributed by atoms with Gasteiger partial charge in [-0.3, -0.25) is 9.72 Å². The summed E-state index contributed by atoms with van der Waals surface area (Å²) in [6, 6.07) is 19.5. The predicted octanol–water partition coefficient (Wildman–Crippen LogP) is 6.70. The largest absolute Gasteiger partial charge is 0.484 e. The minimum atomic E-state index is -0.323. The van der Waals surface area contributed by atoms with Gasteiger partial charge < -0.3 is 24.6 Å². The smallest absolute Gasteiger partial charge is 0.320 e. The normalized spacial score (nSPS) is 19.1. The zero-order valence-electron chi connectivity index (χ0n) is 31.0. The summed E-state index contributed by atoms with van der Waals surface area (Å²) in [5.41, 5.74) is 3.47. The summed E-state index contributed by atoms with van der Waals surface area (Å²) in [6.07, 6.45) is 6.82. The van der Waals surface area contributed by atoms with Crippen molar-refractivity contribution in [1.82, 2.24) is 39.6 Å². The van der Waals surface area contributed by atoms with Gasteiger partial charge in [-0.1, -0.05) is 51.1 Å². The number of nitrogens with zero attached hydrogens (tertiary/aromatic N) is 8. The van der Waals surface area contributed by atoms with Crippen LogP contribution < -0.4 is 25.0 Å². The SMILES string of the molecule is C[C@H]1CCCCN1c1nnc2ccc(O[C@@H]3CC[C@H](NC(=O)Nc4cc(C(C)(C)C)nn4-c4cccc(OCCN(C)C)n4)c4ccccc43)cn12. The Morgan fingerprint density at radius 1 is 0.981 bits per heavy atom.